The number of guanidine groups is 2. The minimum absolute atomic E-state index is 0.000768. The fourth-order valence-electron chi connectivity index (χ4n) is 6.28. The minimum atomic E-state index is -1.96. The van der Waals surface area contributed by atoms with E-state index >= 15 is 0 Å². The van der Waals surface area contributed by atoms with E-state index in [4.69, 9.17) is 28.7 Å². The Kier molecular flexibility index (Phi) is 30.1. The normalized spacial score (nSPS) is 13.8. The number of nitrogens with two attached hydrogens (primary N) is 5. The Hall–Kier alpha value is -8.57. The van der Waals surface area contributed by atoms with Crippen molar-refractivity contribution in [3.05, 3.63) is 29.8 Å². The van der Waals surface area contributed by atoms with Crippen LogP contribution in [0.25, 0.3) is 0 Å². The molecule has 1 aromatic carbocycles. The zero-order chi connectivity index (χ0) is 58.4. The number of aromatic hydroxyl groups is 1. The van der Waals surface area contributed by atoms with Crippen molar-refractivity contribution in [2.24, 2.45) is 38.7 Å². The first-order valence-corrected chi connectivity index (χ1v) is 23.6. The Bertz CT molecular complexity index is 2300. The molecule has 0 unspecified atom stereocenters. The highest BCUT2D eigenvalue weighted by Crippen LogP contribution is 2.12. The van der Waals surface area contributed by atoms with Gasteiger partial charge < -0.3 is 107 Å². The third-order valence-corrected chi connectivity index (χ3v) is 10.6. The molecule has 8 atom stereocenters. The van der Waals surface area contributed by atoms with Gasteiger partial charge in [-0.15, -0.1) is 0 Å². The number of carboxylic acid groups (broad SMARTS) is 3. The minimum Gasteiger partial charge on any atom is -0.508 e. The van der Waals surface area contributed by atoms with Gasteiger partial charge in [0.15, 0.2) is 11.9 Å². The lowest BCUT2D eigenvalue weighted by atomic mass is 10.1. The van der Waals surface area contributed by atoms with Gasteiger partial charge in [-0.3, -0.25) is 62.7 Å². The van der Waals surface area contributed by atoms with E-state index in [2.05, 4.69) is 54.5 Å². The highest BCUT2D eigenvalue weighted by Gasteiger charge is 2.34. The first kappa shape index (κ1) is 66.4. The third kappa shape index (κ3) is 27.0. The number of benzene rings is 1. The molecule has 25 N–H and O–H groups in total. The molecule has 0 spiro atoms. The predicted octanol–water partition coefficient (Wildman–Crippen LogP) is -10.1. The van der Waals surface area contributed by atoms with Gasteiger partial charge in [-0.1, -0.05) is 12.1 Å². The summed E-state index contributed by atoms with van der Waals surface area (Å²) in [7, 11) is 0. The number of hydrogen-bond donors (Lipinski definition) is 21. The van der Waals surface area contributed by atoms with Gasteiger partial charge in [-0.2, -0.15) is 12.6 Å². The van der Waals surface area contributed by atoms with Crippen LogP contribution in [0.2, 0.25) is 0 Å². The average Bonchev–Trinajstić information content (AvgIpc) is 3.36. The molecule has 0 saturated heterocycles. The number of phenolic OH excluding ortho intramolecular Hbond substituents is 1. The number of aliphatic hydroxyl groups is 2. The molecule has 0 bridgehead atoms. The van der Waals surface area contributed by atoms with Crippen molar-refractivity contribution < 1.29 is 88.2 Å². The van der Waals surface area contributed by atoms with Crippen LogP contribution in [0.4, 0.5) is 0 Å². The fourth-order valence-corrected chi connectivity index (χ4v) is 6.54. The summed E-state index contributed by atoms with van der Waals surface area (Å²) in [5.41, 5.74) is 27.3. The van der Waals surface area contributed by atoms with Gasteiger partial charge in [0, 0.05) is 25.3 Å². The predicted molar refractivity (Wildman–Crippen MR) is 269 cm³/mol. The molecular weight excluding hydrogens is 1050 g/mol. The average molecular weight is 1120 g/mol. The molecular formula is C42H66N16O18S. The monoisotopic (exact) mass is 1110 g/mol. The van der Waals surface area contributed by atoms with Crippen LogP contribution < -0.4 is 76.5 Å². The number of carbonyl (C=O) groups is 12. The van der Waals surface area contributed by atoms with Crippen molar-refractivity contribution >= 4 is 95.6 Å². The van der Waals surface area contributed by atoms with Crippen molar-refractivity contribution in [3.63, 3.8) is 0 Å². The van der Waals surface area contributed by atoms with E-state index in [1.54, 1.807) is 0 Å². The van der Waals surface area contributed by atoms with Crippen LogP contribution in [-0.4, -0.2) is 207 Å². The molecule has 0 aliphatic heterocycles. The maximum absolute atomic E-state index is 13.5. The maximum Gasteiger partial charge on any atom is 0.326 e. The summed E-state index contributed by atoms with van der Waals surface area (Å²) in [4.78, 5) is 160. The Balaban J connectivity index is 3.07. The van der Waals surface area contributed by atoms with E-state index in [0.717, 1.165) is 0 Å². The second-order valence-corrected chi connectivity index (χ2v) is 16.8. The van der Waals surface area contributed by atoms with Crippen LogP contribution in [-0.2, 0) is 64.0 Å². The van der Waals surface area contributed by atoms with Gasteiger partial charge in [0.1, 0.15) is 48.0 Å². The van der Waals surface area contributed by atoms with Crippen molar-refractivity contribution in [2.75, 3.05) is 45.1 Å². The third-order valence-electron chi connectivity index (χ3n) is 10.2. The van der Waals surface area contributed by atoms with Gasteiger partial charge in [0.2, 0.25) is 53.2 Å². The number of aliphatic hydroxyl groups excluding tert-OH is 2. The van der Waals surface area contributed by atoms with Gasteiger partial charge >= 0.3 is 17.9 Å². The molecule has 0 fully saturated rings. The summed E-state index contributed by atoms with van der Waals surface area (Å²) in [5, 5.41) is 77.1. The molecule has 34 nitrogen and oxygen atoms in total. The lowest BCUT2D eigenvalue weighted by molar-refractivity contribution is -0.143. The number of carboxylic acids is 3. The van der Waals surface area contributed by atoms with E-state index in [1.807, 2.05) is 16.0 Å². The molecule has 0 radical (unpaired) electrons. The second kappa shape index (κ2) is 34.8. The quantitative estimate of drug-likeness (QED) is 0.0128. The molecule has 1 aromatic rings. The summed E-state index contributed by atoms with van der Waals surface area (Å²) in [5.74, 6) is -16.2. The van der Waals surface area contributed by atoms with Crippen LogP contribution in [0, 0.1) is 0 Å². The number of amides is 9. The summed E-state index contributed by atoms with van der Waals surface area (Å²) < 4.78 is 0. The van der Waals surface area contributed by atoms with Gasteiger partial charge in [0.05, 0.1) is 45.2 Å². The van der Waals surface area contributed by atoms with Crippen LogP contribution in [0.15, 0.2) is 34.3 Å². The summed E-state index contributed by atoms with van der Waals surface area (Å²) >= 11 is 4.05. The van der Waals surface area contributed by atoms with E-state index in [-0.39, 0.29) is 56.4 Å². The molecule has 77 heavy (non-hydrogen) atoms. The number of nitrogens with one attached hydrogen (secondary N) is 9. The number of nitrogens with zero attached hydrogens (tertiary/aromatic N) is 2. The molecule has 0 heterocycles. The molecule has 0 aromatic heterocycles. The summed E-state index contributed by atoms with van der Waals surface area (Å²) in [6.45, 7) is -3.93. The van der Waals surface area contributed by atoms with Crippen LogP contribution >= 0.6 is 12.6 Å². The Morgan fingerprint density at radius 2 is 0.896 bits per heavy atom. The van der Waals surface area contributed by atoms with Gasteiger partial charge in [-0.05, 0) is 43.4 Å². The second-order valence-electron chi connectivity index (χ2n) is 16.4. The van der Waals surface area contributed by atoms with Crippen molar-refractivity contribution in [2.45, 2.75) is 93.3 Å². The van der Waals surface area contributed by atoms with Gasteiger partial charge in [0.25, 0.3) is 0 Å². The number of rotatable bonds is 36. The molecule has 35 heteroatoms. The topological polar surface area (TPSA) is 589 Å². The standard InChI is InChI=1S/C42H66N16O18S/c43-21(3-1-9-48-41(44)45)33(68)50-14-29(62)52-23(12-31(64)65)36(71)57-27(17-60)38(73)58-28(18-77)39(74)54-22(4-2-10-49-42(46)47)34(69)51-15-30(63)53-24(13-32(66)67)35(70)56-26(16-59)37(72)55-25(40(75)76)11-19-5-7-20(61)8-6-19/h5-8,21-28,59-61,77H,1-4,9-18,43H2,(H,50,68)(H,51,69)(H,52,62)(H,53,63)(H,54,74)(H,55,72)(H,56,70)(H,57,71)(H,58,73)(H,64,65)(H,66,67)(H,75,76)(H4,44,45,48)(H4,46,47,49)/t21-,22-,23-,24-,25-,26-,27-,28-/m0/s1. The summed E-state index contributed by atoms with van der Waals surface area (Å²) in [6.07, 6.45) is -2.27. The molecule has 0 saturated carbocycles. The largest absolute Gasteiger partial charge is 0.508 e. The lowest BCUT2D eigenvalue weighted by Crippen LogP contribution is -2.60. The number of carbonyl (C=O) groups excluding carboxylic acids is 9. The highest BCUT2D eigenvalue weighted by atomic mass is 32.1. The number of hydrogen-bond acceptors (Lipinski definition) is 19. The van der Waals surface area contributed by atoms with Crippen LogP contribution in [0.3, 0.4) is 0 Å². The van der Waals surface area contributed by atoms with E-state index in [0.29, 0.717) is 12.0 Å². The van der Waals surface area contributed by atoms with Crippen LogP contribution in [0.5, 0.6) is 5.75 Å². The van der Waals surface area contributed by atoms with E-state index < -0.39 is 164 Å². The van der Waals surface area contributed by atoms with Crippen LogP contribution in [0.1, 0.15) is 44.1 Å². The molecule has 0 aliphatic carbocycles. The highest BCUT2D eigenvalue weighted by molar-refractivity contribution is 7.80. The van der Waals surface area contributed by atoms with Gasteiger partial charge in [-0.25, -0.2) is 4.79 Å². The lowest BCUT2D eigenvalue weighted by Gasteiger charge is -2.25. The zero-order valence-corrected chi connectivity index (χ0v) is 42.0. The molecule has 428 valence electrons. The SMILES string of the molecule is NC(N)=NCCC[C@H](NC(=O)[C@H](CS)NC(=O)[C@H](CO)NC(=O)[C@H](CC(=O)O)NC(=O)CNC(=O)[C@@H](N)CCCN=C(N)N)C(=O)NCC(=O)N[C@@H](CC(=O)O)C(=O)N[C@@H](CO)C(=O)N[C@@H](Cc1ccc(O)cc1)C(=O)O. The smallest absolute Gasteiger partial charge is 0.326 e. The number of phenols is 1. The Morgan fingerprint density at radius 3 is 1.31 bits per heavy atom. The van der Waals surface area contributed by atoms with Crippen molar-refractivity contribution in [3.8, 4) is 5.75 Å². The number of thiol groups is 1. The van der Waals surface area contributed by atoms with Crippen molar-refractivity contribution in [1.82, 2.24) is 47.9 Å². The molecule has 0 aliphatic rings. The zero-order valence-electron chi connectivity index (χ0n) is 41.1. The molecule has 9 amide bonds. The first-order valence-electron chi connectivity index (χ1n) is 23.0. The van der Waals surface area contributed by atoms with E-state index in [1.165, 1.54) is 24.3 Å². The number of aliphatic imine (C=N–C) groups is 2. The molecule has 1 rings (SSSR count). The van der Waals surface area contributed by atoms with Crippen molar-refractivity contribution in [1.29, 1.82) is 0 Å². The number of aliphatic carboxylic acids is 3. The summed E-state index contributed by atoms with van der Waals surface area (Å²) in [6, 6.07) is -8.18. The maximum atomic E-state index is 13.5. The Labute approximate surface area is 443 Å². The van der Waals surface area contributed by atoms with E-state index in [9.17, 15) is 88.2 Å². The Morgan fingerprint density at radius 1 is 0.506 bits per heavy atom. The fraction of sp³-hybridized carbons (Fsp3) is 0.524. The first-order chi connectivity index (χ1) is 36.2.